The summed E-state index contributed by atoms with van der Waals surface area (Å²) in [6.07, 6.45) is 1.29. The van der Waals surface area contributed by atoms with Gasteiger partial charge in [0.1, 0.15) is 10.9 Å². The van der Waals surface area contributed by atoms with Crippen LogP contribution in [-0.2, 0) is 43.9 Å². The number of carbonyl (C=O) groups is 2. The first-order chi connectivity index (χ1) is 16.7. The van der Waals surface area contributed by atoms with Crippen LogP contribution in [0.25, 0.3) is 0 Å². The number of nitrogens with zero attached hydrogens (tertiary/aromatic N) is 1. The van der Waals surface area contributed by atoms with Crippen LogP contribution in [0.15, 0.2) is 60.0 Å². The lowest BCUT2D eigenvalue weighted by Gasteiger charge is -2.21. The van der Waals surface area contributed by atoms with Gasteiger partial charge in [0.15, 0.2) is 0 Å². The maximum atomic E-state index is 13.3. The van der Waals surface area contributed by atoms with Gasteiger partial charge >= 0.3 is 16.3 Å². The number of ether oxygens (including phenoxy) is 1. The van der Waals surface area contributed by atoms with Crippen molar-refractivity contribution in [3.63, 3.8) is 0 Å². The predicted molar refractivity (Wildman–Crippen MR) is 133 cm³/mol. The van der Waals surface area contributed by atoms with E-state index in [1.165, 1.54) is 30.6 Å². The molecule has 186 valence electrons. The first kappa shape index (κ1) is 26.3. The number of thiazole rings is 1. The molecule has 0 saturated carbocycles. The van der Waals surface area contributed by atoms with Gasteiger partial charge in [0.2, 0.25) is 5.91 Å². The molecule has 0 bridgehead atoms. The minimum atomic E-state index is -4.38. The molecule has 9 nitrogen and oxygen atoms in total. The SMILES string of the molecule is CCc1csc([C@H](Cc2ccc(NS(=O)(=O)O)cc2)NC(=O)[C@H](Cc2ccccc2)C(=O)OC)n1. The normalized spacial score (nSPS) is 13.0. The van der Waals surface area contributed by atoms with Crippen molar-refractivity contribution in [3.8, 4) is 0 Å². The molecule has 1 aromatic heterocycles. The Hall–Kier alpha value is -3.28. The number of anilines is 1. The number of amides is 1. The molecule has 0 unspecified atom stereocenters. The molecule has 0 fully saturated rings. The van der Waals surface area contributed by atoms with Crippen LogP contribution in [-0.4, -0.2) is 36.9 Å². The third kappa shape index (κ3) is 7.88. The molecule has 3 aromatic rings. The van der Waals surface area contributed by atoms with E-state index in [0.29, 0.717) is 11.4 Å². The summed E-state index contributed by atoms with van der Waals surface area (Å²) in [5, 5.41) is 5.58. The average molecular weight is 518 g/mol. The molecule has 1 heterocycles. The summed E-state index contributed by atoms with van der Waals surface area (Å²) in [7, 11) is -3.13. The van der Waals surface area contributed by atoms with Crippen molar-refractivity contribution in [1.82, 2.24) is 10.3 Å². The minimum Gasteiger partial charge on any atom is -0.468 e. The Bertz CT molecular complexity index is 1240. The van der Waals surface area contributed by atoms with Gasteiger partial charge in [-0.1, -0.05) is 49.4 Å². The summed E-state index contributed by atoms with van der Waals surface area (Å²) in [5.74, 6) is -2.13. The number of nitrogens with one attached hydrogen (secondary N) is 2. The van der Waals surface area contributed by atoms with Gasteiger partial charge in [-0.15, -0.1) is 11.3 Å². The van der Waals surface area contributed by atoms with E-state index in [1.54, 1.807) is 12.1 Å². The van der Waals surface area contributed by atoms with Crippen LogP contribution < -0.4 is 10.0 Å². The van der Waals surface area contributed by atoms with E-state index < -0.39 is 34.1 Å². The quantitative estimate of drug-likeness (QED) is 0.202. The van der Waals surface area contributed by atoms with Gasteiger partial charge in [-0.05, 0) is 42.5 Å². The van der Waals surface area contributed by atoms with Gasteiger partial charge < -0.3 is 10.1 Å². The third-order valence-electron chi connectivity index (χ3n) is 5.27. The van der Waals surface area contributed by atoms with Gasteiger partial charge in [0, 0.05) is 5.38 Å². The number of aromatic nitrogens is 1. The Labute approximate surface area is 208 Å². The first-order valence-electron chi connectivity index (χ1n) is 10.9. The zero-order chi connectivity index (χ0) is 25.4. The number of rotatable bonds is 11. The van der Waals surface area contributed by atoms with E-state index in [4.69, 9.17) is 9.29 Å². The second-order valence-corrected chi connectivity index (χ2v) is 9.88. The largest absolute Gasteiger partial charge is 0.468 e. The van der Waals surface area contributed by atoms with Crippen LogP contribution in [0.4, 0.5) is 5.69 Å². The fourth-order valence-corrected chi connectivity index (χ4v) is 4.87. The molecule has 1 amide bonds. The summed E-state index contributed by atoms with van der Waals surface area (Å²) in [5.41, 5.74) is 2.72. The number of carbonyl (C=O) groups excluding carboxylic acids is 2. The molecular formula is C24H27N3O6S2. The van der Waals surface area contributed by atoms with Gasteiger partial charge in [0.05, 0.1) is 24.5 Å². The number of benzene rings is 2. The van der Waals surface area contributed by atoms with E-state index in [9.17, 15) is 18.0 Å². The lowest BCUT2D eigenvalue weighted by Crippen LogP contribution is -2.40. The maximum absolute atomic E-state index is 13.3. The zero-order valence-corrected chi connectivity index (χ0v) is 20.9. The van der Waals surface area contributed by atoms with Crippen molar-refractivity contribution in [2.24, 2.45) is 5.92 Å². The number of esters is 1. The fourth-order valence-electron chi connectivity index (χ4n) is 3.49. The van der Waals surface area contributed by atoms with Crippen LogP contribution >= 0.6 is 11.3 Å². The summed E-state index contributed by atoms with van der Waals surface area (Å²) in [6.45, 7) is 1.99. The summed E-state index contributed by atoms with van der Waals surface area (Å²) in [4.78, 5) is 30.3. The second-order valence-electron chi connectivity index (χ2n) is 7.84. The first-order valence-corrected chi connectivity index (χ1v) is 13.2. The van der Waals surface area contributed by atoms with Crippen molar-refractivity contribution in [2.45, 2.75) is 32.2 Å². The summed E-state index contributed by atoms with van der Waals surface area (Å²) in [6, 6.07) is 15.1. The molecule has 2 atom stereocenters. The highest BCUT2D eigenvalue weighted by Crippen LogP contribution is 2.25. The van der Waals surface area contributed by atoms with Crippen LogP contribution in [0.1, 0.15) is 34.8 Å². The van der Waals surface area contributed by atoms with Gasteiger partial charge in [-0.25, -0.2) is 4.98 Å². The van der Waals surface area contributed by atoms with Crippen molar-refractivity contribution in [1.29, 1.82) is 0 Å². The number of hydrogen-bond donors (Lipinski definition) is 3. The Morgan fingerprint density at radius 3 is 2.29 bits per heavy atom. The number of methoxy groups -OCH3 is 1. The zero-order valence-electron chi connectivity index (χ0n) is 19.3. The van der Waals surface area contributed by atoms with E-state index in [0.717, 1.165) is 23.2 Å². The highest BCUT2D eigenvalue weighted by molar-refractivity contribution is 7.87. The molecule has 2 aromatic carbocycles. The number of aryl methyl sites for hydroxylation is 1. The summed E-state index contributed by atoms with van der Waals surface area (Å²) >= 11 is 1.42. The molecule has 11 heteroatoms. The second kappa shape index (κ2) is 11.9. The Morgan fingerprint density at radius 1 is 1.06 bits per heavy atom. The van der Waals surface area contributed by atoms with Crippen molar-refractivity contribution >= 4 is 39.2 Å². The fraction of sp³-hybridized carbons (Fsp3) is 0.292. The van der Waals surface area contributed by atoms with Gasteiger partial charge in [0.25, 0.3) is 0 Å². The molecule has 0 aliphatic carbocycles. The molecule has 0 aliphatic heterocycles. The monoisotopic (exact) mass is 517 g/mol. The average Bonchev–Trinajstić information content (AvgIpc) is 3.32. The molecular weight excluding hydrogens is 490 g/mol. The highest BCUT2D eigenvalue weighted by atomic mass is 32.2. The van der Waals surface area contributed by atoms with Gasteiger partial charge in [-0.3, -0.25) is 18.9 Å². The molecule has 0 saturated heterocycles. The van der Waals surface area contributed by atoms with E-state index >= 15 is 0 Å². The predicted octanol–water partition coefficient (Wildman–Crippen LogP) is 3.35. The van der Waals surface area contributed by atoms with E-state index in [-0.39, 0.29) is 12.1 Å². The maximum Gasteiger partial charge on any atom is 0.357 e. The summed E-state index contributed by atoms with van der Waals surface area (Å²) < 4.78 is 37.9. The van der Waals surface area contributed by atoms with Crippen molar-refractivity contribution in [2.75, 3.05) is 11.8 Å². The van der Waals surface area contributed by atoms with Crippen molar-refractivity contribution in [3.05, 3.63) is 81.8 Å². The molecule has 0 spiro atoms. The Morgan fingerprint density at radius 2 is 1.71 bits per heavy atom. The standard InChI is InChI=1S/C24H27N3O6S2/c1-3-18-15-34-23(25-18)21(14-17-9-11-19(12-10-17)27-35(30,31)32)26-22(28)20(24(29)33-2)13-16-7-5-4-6-8-16/h4-12,15,20-21,27H,3,13-14H2,1-2H3,(H,26,28)(H,30,31,32)/t20-,21-/m0/s1. The smallest absolute Gasteiger partial charge is 0.357 e. The highest BCUT2D eigenvalue weighted by Gasteiger charge is 2.30. The molecule has 3 rings (SSSR count). The lowest BCUT2D eigenvalue weighted by atomic mass is 9.97. The number of hydrogen-bond acceptors (Lipinski definition) is 7. The van der Waals surface area contributed by atoms with Crippen LogP contribution in [0.5, 0.6) is 0 Å². The topological polar surface area (TPSA) is 135 Å². The van der Waals surface area contributed by atoms with E-state index in [2.05, 4.69) is 10.3 Å². The molecule has 0 radical (unpaired) electrons. The molecule has 3 N–H and O–H groups in total. The minimum absolute atomic E-state index is 0.195. The van der Waals surface area contributed by atoms with Crippen LogP contribution in [0.3, 0.4) is 0 Å². The third-order valence-corrected chi connectivity index (χ3v) is 6.77. The molecule has 0 aliphatic rings. The van der Waals surface area contributed by atoms with Crippen LogP contribution in [0, 0.1) is 5.92 Å². The van der Waals surface area contributed by atoms with Crippen LogP contribution in [0.2, 0.25) is 0 Å². The molecule has 35 heavy (non-hydrogen) atoms. The van der Waals surface area contributed by atoms with E-state index in [1.807, 2.05) is 47.4 Å². The lowest BCUT2D eigenvalue weighted by molar-refractivity contribution is -0.150. The van der Waals surface area contributed by atoms with Crippen molar-refractivity contribution < 1.29 is 27.3 Å². The van der Waals surface area contributed by atoms with Gasteiger partial charge in [-0.2, -0.15) is 8.42 Å². The Kier molecular flexibility index (Phi) is 8.96. The Balaban J connectivity index is 1.83.